The summed E-state index contributed by atoms with van der Waals surface area (Å²) in [6, 6.07) is 11.9. The predicted octanol–water partition coefficient (Wildman–Crippen LogP) is 3.77. The Morgan fingerprint density at radius 2 is 1.78 bits per heavy atom. The molecule has 0 spiro atoms. The molecule has 3 rings (SSSR count). The summed E-state index contributed by atoms with van der Waals surface area (Å²) in [7, 11) is 0. The second kappa shape index (κ2) is 7.70. The van der Waals surface area contributed by atoms with E-state index < -0.39 is 11.7 Å². The molecule has 1 heterocycles. The zero-order chi connectivity index (χ0) is 19.4. The summed E-state index contributed by atoms with van der Waals surface area (Å²) >= 11 is 0. The molecular formula is C21H24N2O4. The standard InChI is InChI=1S/C21H24N2O4/c1-21(2,3)27-20(25)23-11-10-22-18(24)12-15-13-26-17-9-8-14-6-4-5-7-16(14)19(15)17/h4-9,13H,10-12H2,1-3H3,(H,22,24)(H,23,25). The Morgan fingerprint density at radius 1 is 1.04 bits per heavy atom. The van der Waals surface area contributed by atoms with Crippen LogP contribution in [0.5, 0.6) is 0 Å². The molecule has 142 valence electrons. The van der Waals surface area contributed by atoms with Crippen LogP contribution in [0, 0.1) is 0 Å². The molecule has 3 aromatic rings. The number of furan rings is 1. The van der Waals surface area contributed by atoms with E-state index in [9.17, 15) is 9.59 Å². The van der Waals surface area contributed by atoms with Crippen molar-refractivity contribution in [3.05, 3.63) is 48.2 Å². The maximum Gasteiger partial charge on any atom is 0.407 e. The number of amides is 2. The number of benzene rings is 2. The number of fused-ring (bicyclic) bond motifs is 3. The second-order valence-electron chi connectivity index (χ2n) is 7.38. The molecule has 0 aliphatic carbocycles. The largest absolute Gasteiger partial charge is 0.464 e. The topological polar surface area (TPSA) is 80.6 Å². The predicted molar refractivity (Wildman–Crippen MR) is 105 cm³/mol. The van der Waals surface area contributed by atoms with Gasteiger partial charge < -0.3 is 19.8 Å². The van der Waals surface area contributed by atoms with Crippen molar-refractivity contribution in [2.45, 2.75) is 32.8 Å². The normalized spacial score (nSPS) is 11.5. The van der Waals surface area contributed by atoms with Gasteiger partial charge in [-0.15, -0.1) is 0 Å². The molecule has 2 amide bonds. The van der Waals surface area contributed by atoms with Gasteiger partial charge in [-0.25, -0.2) is 4.79 Å². The highest BCUT2D eigenvalue weighted by atomic mass is 16.6. The first-order chi connectivity index (χ1) is 12.8. The summed E-state index contributed by atoms with van der Waals surface area (Å²) in [5.41, 5.74) is 1.07. The van der Waals surface area contributed by atoms with Gasteiger partial charge in [-0.3, -0.25) is 4.79 Å². The SMILES string of the molecule is CC(C)(C)OC(=O)NCCNC(=O)Cc1coc2ccc3ccccc3c12. The van der Waals surface area contributed by atoms with Crippen molar-refractivity contribution in [2.24, 2.45) is 0 Å². The highest BCUT2D eigenvalue weighted by molar-refractivity contribution is 6.08. The van der Waals surface area contributed by atoms with Gasteiger partial charge >= 0.3 is 6.09 Å². The first-order valence-corrected chi connectivity index (χ1v) is 8.95. The lowest BCUT2D eigenvalue weighted by Gasteiger charge is -2.19. The lowest BCUT2D eigenvalue weighted by Crippen LogP contribution is -2.38. The van der Waals surface area contributed by atoms with Crippen LogP contribution in [0.1, 0.15) is 26.3 Å². The Bertz CT molecular complexity index is 969. The van der Waals surface area contributed by atoms with Crippen LogP contribution >= 0.6 is 0 Å². The van der Waals surface area contributed by atoms with E-state index in [4.69, 9.17) is 9.15 Å². The molecular weight excluding hydrogens is 344 g/mol. The van der Waals surface area contributed by atoms with Crippen molar-refractivity contribution in [1.82, 2.24) is 10.6 Å². The third-order valence-corrected chi connectivity index (χ3v) is 4.01. The van der Waals surface area contributed by atoms with E-state index in [1.165, 1.54) is 0 Å². The van der Waals surface area contributed by atoms with Gasteiger partial charge in [0.25, 0.3) is 0 Å². The van der Waals surface area contributed by atoms with Crippen LogP contribution in [0.2, 0.25) is 0 Å². The fourth-order valence-corrected chi connectivity index (χ4v) is 2.92. The van der Waals surface area contributed by atoms with Gasteiger partial charge in [-0.1, -0.05) is 30.3 Å². The van der Waals surface area contributed by atoms with Crippen LogP contribution in [0.4, 0.5) is 4.79 Å². The number of hydrogen-bond donors (Lipinski definition) is 2. The monoisotopic (exact) mass is 368 g/mol. The van der Waals surface area contributed by atoms with Crippen LogP contribution in [-0.2, 0) is 16.0 Å². The van der Waals surface area contributed by atoms with Gasteiger partial charge in [0, 0.05) is 24.0 Å². The van der Waals surface area contributed by atoms with E-state index in [0.717, 1.165) is 27.3 Å². The van der Waals surface area contributed by atoms with Crippen molar-refractivity contribution in [3.63, 3.8) is 0 Å². The zero-order valence-corrected chi connectivity index (χ0v) is 15.8. The van der Waals surface area contributed by atoms with Gasteiger partial charge in [0.15, 0.2) is 0 Å². The minimum atomic E-state index is -0.543. The number of nitrogens with one attached hydrogen (secondary N) is 2. The van der Waals surface area contributed by atoms with Gasteiger partial charge in [-0.2, -0.15) is 0 Å². The van der Waals surface area contributed by atoms with Crippen molar-refractivity contribution in [3.8, 4) is 0 Å². The highest BCUT2D eigenvalue weighted by Crippen LogP contribution is 2.30. The minimum absolute atomic E-state index is 0.128. The maximum atomic E-state index is 12.3. The lowest BCUT2D eigenvalue weighted by molar-refractivity contribution is -0.120. The third-order valence-electron chi connectivity index (χ3n) is 4.01. The molecule has 2 aromatic carbocycles. The molecule has 27 heavy (non-hydrogen) atoms. The zero-order valence-electron chi connectivity index (χ0n) is 15.8. The molecule has 0 aliphatic heterocycles. The highest BCUT2D eigenvalue weighted by Gasteiger charge is 2.16. The smallest absolute Gasteiger partial charge is 0.407 e. The van der Waals surface area contributed by atoms with Gasteiger partial charge in [0.1, 0.15) is 11.2 Å². The van der Waals surface area contributed by atoms with Crippen molar-refractivity contribution < 1.29 is 18.7 Å². The third kappa shape index (κ3) is 4.78. The van der Waals surface area contributed by atoms with E-state index >= 15 is 0 Å². The molecule has 0 unspecified atom stereocenters. The Morgan fingerprint density at radius 3 is 2.56 bits per heavy atom. The Labute approximate surface area is 157 Å². The molecule has 6 heteroatoms. The number of alkyl carbamates (subject to hydrolysis) is 1. The molecule has 0 saturated carbocycles. The quantitative estimate of drug-likeness (QED) is 0.672. The summed E-state index contributed by atoms with van der Waals surface area (Å²) < 4.78 is 10.8. The van der Waals surface area contributed by atoms with E-state index in [-0.39, 0.29) is 12.3 Å². The summed E-state index contributed by atoms with van der Waals surface area (Å²) in [5, 5.41) is 8.56. The first kappa shape index (κ1) is 18.8. The number of ether oxygens (including phenoxy) is 1. The molecule has 6 nitrogen and oxygen atoms in total. The average Bonchev–Trinajstić information content (AvgIpc) is 3.00. The molecule has 0 bridgehead atoms. The van der Waals surface area contributed by atoms with E-state index in [2.05, 4.69) is 10.6 Å². The van der Waals surface area contributed by atoms with E-state index in [0.29, 0.717) is 13.1 Å². The van der Waals surface area contributed by atoms with E-state index in [1.807, 2.05) is 36.4 Å². The number of hydrogen-bond acceptors (Lipinski definition) is 4. The first-order valence-electron chi connectivity index (χ1n) is 8.95. The molecule has 0 atom stereocenters. The second-order valence-corrected chi connectivity index (χ2v) is 7.38. The molecule has 0 aliphatic rings. The minimum Gasteiger partial charge on any atom is -0.464 e. The molecule has 0 saturated heterocycles. The van der Waals surface area contributed by atoms with E-state index in [1.54, 1.807) is 27.0 Å². The van der Waals surface area contributed by atoms with Crippen LogP contribution in [-0.4, -0.2) is 30.7 Å². The molecule has 2 N–H and O–H groups in total. The van der Waals surface area contributed by atoms with Crippen LogP contribution in [0.3, 0.4) is 0 Å². The van der Waals surface area contributed by atoms with Gasteiger partial charge in [-0.05, 0) is 37.6 Å². The summed E-state index contributed by atoms with van der Waals surface area (Å²) in [4.78, 5) is 23.8. The van der Waals surface area contributed by atoms with Gasteiger partial charge in [0.2, 0.25) is 5.91 Å². The molecule has 0 radical (unpaired) electrons. The van der Waals surface area contributed by atoms with Crippen LogP contribution < -0.4 is 10.6 Å². The summed E-state index contributed by atoms with van der Waals surface area (Å²) in [5.74, 6) is -0.128. The lowest BCUT2D eigenvalue weighted by atomic mass is 10.0. The van der Waals surface area contributed by atoms with Crippen molar-refractivity contribution >= 4 is 33.7 Å². The van der Waals surface area contributed by atoms with Crippen LogP contribution in [0.25, 0.3) is 21.7 Å². The Balaban J connectivity index is 1.57. The van der Waals surface area contributed by atoms with Crippen LogP contribution in [0.15, 0.2) is 47.1 Å². The number of rotatable bonds is 5. The Kier molecular flexibility index (Phi) is 5.35. The average molecular weight is 368 g/mol. The number of carbonyl (C=O) groups is 2. The maximum absolute atomic E-state index is 12.3. The summed E-state index contributed by atoms with van der Waals surface area (Å²) in [6.07, 6.45) is 1.35. The fourth-order valence-electron chi connectivity index (χ4n) is 2.92. The molecule has 0 fully saturated rings. The summed E-state index contributed by atoms with van der Waals surface area (Å²) in [6.45, 7) is 6.03. The van der Waals surface area contributed by atoms with Crippen molar-refractivity contribution in [1.29, 1.82) is 0 Å². The van der Waals surface area contributed by atoms with Gasteiger partial charge in [0.05, 0.1) is 12.7 Å². The molecule has 1 aromatic heterocycles. The fraction of sp³-hybridized carbons (Fsp3) is 0.333. The Hall–Kier alpha value is -3.02. The number of carbonyl (C=O) groups excluding carboxylic acids is 2. The van der Waals surface area contributed by atoms with Crippen molar-refractivity contribution in [2.75, 3.05) is 13.1 Å².